The van der Waals surface area contributed by atoms with Crippen molar-refractivity contribution in [2.45, 2.75) is 40.2 Å². The minimum Gasteiger partial charge on any atom is -0.336 e. The molecule has 1 fully saturated rings. The van der Waals surface area contributed by atoms with E-state index in [1.54, 1.807) is 6.07 Å². The lowest BCUT2D eigenvalue weighted by Gasteiger charge is -2.25. The molecule has 2 aromatic carbocycles. The van der Waals surface area contributed by atoms with Crippen molar-refractivity contribution in [3.8, 4) is 0 Å². The van der Waals surface area contributed by atoms with E-state index in [1.807, 2.05) is 55.1 Å². The van der Waals surface area contributed by atoms with E-state index >= 15 is 0 Å². The third-order valence-electron chi connectivity index (χ3n) is 6.04. The molecular weight excluding hydrogens is 374 g/mol. The third-order valence-corrected chi connectivity index (χ3v) is 6.04. The van der Waals surface area contributed by atoms with Crippen molar-refractivity contribution in [1.29, 1.82) is 0 Å². The van der Waals surface area contributed by atoms with Gasteiger partial charge in [0.2, 0.25) is 0 Å². The number of carbonyl (C=O) groups is 1. The van der Waals surface area contributed by atoms with Crippen LogP contribution in [0.25, 0.3) is 10.8 Å². The average molecular weight is 404 g/mol. The molecule has 0 spiro atoms. The Labute approximate surface area is 177 Å². The molecule has 1 aliphatic rings. The molecule has 0 bridgehead atoms. The molecule has 1 aliphatic heterocycles. The highest BCUT2D eigenvalue weighted by Gasteiger charge is 2.42. The number of hydrogen-bond acceptors (Lipinski definition) is 3. The first-order chi connectivity index (χ1) is 14.3. The Morgan fingerprint density at radius 2 is 1.70 bits per heavy atom. The highest BCUT2D eigenvalue weighted by atomic mass is 16.2. The Morgan fingerprint density at radius 1 is 1.07 bits per heavy atom. The predicted octanol–water partition coefficient (Wildman–Crippen LogP) is 4.32. The molecule has 1 saturated heterocycles. The van der Waals surface area contributed by atoms with Crippen LogP contribution in [0.5, 0.6) is 0 Å². The Hall–Kier alpha value is -2.95. The lowest BCUT2D eigenvalue weighted by Crippen LogP contribution is -2.34. The second-order valence-corrected chi connectivity index (χ2v) is 9.41. The van der Waals surface area contributed by atoms with Gasteiger partial charge in [-0.2, -0.15) is 5.10 Å². The van der Waals surface area contributed by atoms with Crippen LogP contribution in [0.4, 0.5) is 0 Å². The van der Waals surface area contributed by atoms with Crippen LogP contribution in [0.2, 0.25) is 0 Å². The number of rotatable bonds is 4. The fraction of sp³-hybridized carbons (Fsp3) is 0.400. The summed E-state index contributed by atoms with van der Waals surface area (Å²) in [5.74, 6) is 0.415. The second kappa shape index (κ2) is 7.71. The molecule has 1 atom stereocenters. The summed E-state index contributed by atoms with van der Waals surface area (Å²) in [5, 5.41) is 5.73. The van der Waals surface area contributed by atoms with Gasteiger partial charge >= 0.3 is 0 Å². The van der Waals surface area contributed by atoms with Gasteiger partial charge in [0.1, 0.15) is 0 Å². The Balaban J connectivity index is 1.75. The zero-order valence-electron chi connectivity index (χ0n) is 18.1. The lowest BCUT2D eigenvalue weighted by molar-refractivity contribution is 0.0771. The van der Waals surface area contributed by atoms with Crippen molar-refractivity contribution < 1.29 is 4.79 Å². The summed E-state index contributed by atoms with van der Waals surface area (Å²) >= 11 is 0. The zero-order chi connectivity index (χ0) is 21.5. The van der Waals surface area contributed by atoms with Crippen molar-refractivity contribution in [3.05, 3.63) is 76.2 Å². The Kier molecular flexibility index (Phi) is 5.22. The summed E-state index contributed by atoms with van der Waals surface area (Å²) < 4.78 is 1.45. The van der Waals surface area contributed by atoms with E-state index in [0.29, 0.717) is 36.1 Å². The molecule has 3 aromatic rings. The van der Waals surface area contributed by atoms with Crippen LogP contribution in [0.3, 0.4) is 0 Å². The predicted molar refractivity (Wildman–Crippen MR) is 120 cm³/mol. The molecule has 4 rings (SSSR count). The molecule has 1 unspecified atom stereocenters. The molecule has 1 amide bonds. The maximum absolute atomic E-state index is 13.6. The van der Waals surface area contributed by atoms with Gasteiger partial charge in [-0.15, -0.1) is 0 Å². The van der Waals surface area contributed by atoms with Crippen LogP contribution in [0.15, 0.2) is 59.4 Å². The molecule has 5 nitrogen and oxygen atoms in total. The molecule has 0 saturated carbocycles. The van der Waals surface area contributed by atoms with Crippen LogP contribution >= 0.6 is 0 Å². The lowest BCUT2D eigenvalue weighted by atomic mass is 9.78. The molecule has 1 aromatic heterocycles. The van der Waals surface area contributed by atoms with Gasteiger partial charge in [0, 0.05) is 30.9 Å². The second-order valence-electron chi connectivity index (χ2n) is 9.41. The zero-order valence-corrected chi connectivity index (χ0v) is 18.1. The van der Waals surface area contributed by atoms with E-state index in [1.165, 1.54) is 10.2 Å². The number of hydrogen-bond donors (Lipinski definition) is 0. The molecule has 156 valence electrons. The molecule has 30 heavy (non-hydrogen) atoms. The van der Waals surface area contributed by atoms with Gasteiger partial charge in [-0.05, 0) is 23.0 Å². The minimum atomic E-state index is -0.139. The summed E-state index contributed by atoms with van der Waals surface area (Å²) in [6.45, 7) is 10.3. The van der Waals surface area contributed by atoms with E-state index in [-0.39, 0.29) is 28.7 Å². The number of likely N-dealkylation sites (tertiary alicyclic amines) is 1. The number of carbonyl (C=O) groups excluding carboxylic acids is 1. The van der Waals surface area contributed by atoms with Gasteiger partial charge in [0.05, 0.1) is 5.39 Å². The smallest absolute Gasteiger partial charge is 0.274 e. The monoisotopic (exact) mass is 403 g/mol. The first kappa shape index (κ1) is 20.3. The van der Waals surface area contributed by atoms with Crippen molar-refractivity contribution >= 4 is 16.7 Å². The van der Waals surface area contributed by atoms with Crippen LogP contribution in [-0.2, 0) is 6.54 Å². The number of aromatic nitrogens is 2. The van der Waals surface area contributed by atoms with Gasteiger partial charge in [-0.3, -0.25) is 9.59 Å². The quantitative estimate of drug-likeness (QED) is 0.652. The van der Waals surface area contributed by atoms with E-state index in [0.717, 1.165) is 0 Å². The molecule has 0 radical (unpaired) electrons. The highest BCUT2D eigenvalue weighted by Crippen LogP contribution is 2.42. The van der Waals surface area contributed by atoms with Crippen molar-refractivity contribution in [2.24, 2.45) is 11.3 Å². The van der Waals surface area contributed by atoms with Crippen LogP contribution in [0, 0.1) is 11.3 Å². The summed E-state index contributed by atoms with van der Waals surface area (Å²) in [6.07, 6.45) is 0. The standard InChI is InChI=1S/C25H29N3O2/c1-17(2)14-28-23(29)20-13-9-8-12-19(20)22(26-28)24(30)27-15-21(25(3,4)16-27)18-10-6-5-7-11-18/h5-13,17,21H,14-16H2,1-4H3. The fourth-order valence-electron chi connectivity index (χ4n) is 4.54. The van der Waals surface area contributed by atoms with Gasteiger partial charge < -0.3 is 4.90 Å². The first-order valence-corrected chi connectivity index (χ1v) is 10.6. The van der Waals surface area contributed by atoms with Crippen molar-refractivity contribution in [2.75, 3.05) is 13.1 Å². The Bertz CT molecular complexity index is 1130. The number of benzene rings is 2. The van der Waals surface area contributed by atoms with Gasteiger partial charge in [-0.1, -0.05) is 76.2 Å². The van der Waals surface area contributed by atoms with Crippen molar-refractivity contribution in [3.63, 3.8) is 0 Å². The maximum atomic E-state index is 13.6. The molecule has 5 heteroatoms. The number of nitrogens with zero attached hydrogens (tertiary/aromatic N) is 3. The summed E-state index contributed by atoms with van der Waals surface area (Å²) in [7, 11) is 0. The SMILES string of the molecule is CC(C)Cn1nc(C(=O)N2CC(c3ccccc3)C(C)(C)C2)c2ccccc2c1=O. The van der Waals surface area contributed by atoms with Gasteiger partial charge in [0.15, 0.2) is 5.69 Å². The van der Waals surface area contributed by atoms with Gasteiger partial charge in [-0.25, -0.2) is 4.68 Å². The molecule has 2 heterocycles. The number of amides is 1. The van der Waals surface area contributed by atoms with E-state index < -0.39 is 0 Å². The first-order valence-electron chi connectivity index (χ1n) is 10.6. The highest BCUT2D eigenvalue weighted by molar-refractivity contribution is 6.04. The molecular formula is C25H29N3O2. The van der Waals surface area contributed by atoms with Crippen LogP contribution < -0.4 is 5.56 Å². The largest absolute Gasteiger partial charge is 0.336 e. The van der Waals surface area contributed by atoms with Crippen LogP contribution in [-0.4, -0.2) is 33.7 Å². The topological polar surface area (TPSA) is 55.2 Å². The van der Waals surface area contributed by atoms with E-state index in [4.69, 9.17) is 0 Å². The summed E-state index contributed by atoms with van der Waals surface area (Å²) in [6, 6.07) is 17.7. The van der Waals surface area contributed by atoms with E-state index in [2.05, 4.69) is 31.1 Å². The van der Waals surface area contributed by atoms with Gasteiger partial charge in [0.25, 0.3) is 11.5 Å². The van der Waals surface area contributed by atoms with E-state index in [9.17, 15) is 9.59 Å². The Morgan fingerprint density at radius 3 is 2.37 bits per heavy atom. The summed E-state index contributed by atoms with van der Waals surface area (Å²) in [4.78, 5) is 28.4. The maximum Gasteiger partial charge on any atom is 0.274 e. The summed E-state index contributed by atoms with van der Waals surface area (Å²) in [5.41, 5.74) is 1.44. The molecule has 0 aliphatic carbocycles. The third kappa shape index (κ3) is 3.64. The fourth-order valence-corrected chi connectivity index (χ4v) is 4.54. The van der Waals surface area contributed by atoms with Crippen molar-refractivity contribution in [1.82, 2.24) is 14.7 Å². The minimum absolute atomic E-state index is 0.0425. The average Bonchev–Trinajstić information content (AvgIpc) is 3.05. The molecule has 0 N–H and O–H groups in total. The number of fused-ring (bicyclic) bond motifs is 1. The van der Waals surface area contributed by atoms with Crippen LogP contribution in [0.1, 0.15) is 49.7 Å². The normalized spacial score (nSPS) is 18.3.